The van der Waals surface area contributed by atoms with Crippen LogP contribution < -0.4 is 14.4 Å². The van der Waals surface area contributed by atoms with Gasteiger partial charge >= 0.3 is 0 Å². The summed E-state index contributed by atoms with van der Waals surface area (Å²) in [6.45, 7) is 3.39. The Labute approximate surface area is 223 Å². The summed E-state index contributed by atoms with van der Waals surface area (Å²) >= 11 is 6.16. The first kappa shape index (κ1) is 25.6. The van der Waals surface area contributed by atoms with Gasteiger partial charge in [-0.2, -0.15) is 0 Å². The van der Waals surface area contributed by atoms with E-state index in [1.54, 1.807) is 30.3 Å². The van der Waals surface area contributed by atoms with Gasteiger partial charge < -0.3 is 10.1 Å². The van der Waals surface area contributed by atoms with Gasteiger partial charge in [0.05, 0.1) is 17.1 Å². The molecule has 5 rings (SSSR count). The van der Waals surface area contributed by atoms with Crippen molar-refractivity contribution in [2.24, 2.45) is 0 Å². The summed E-state index contributed by atoms with van der Waals surface area (Å²) in [6, 6.07) is 21.1. The highest BCUT2D eigenvalue weighted by Crippen LogP contribution is 2.38. The maximum Gasteiger partial charge on any atom is 0.264 e. The average molecular weight is 540 g/mol. The zero-order valence-electron chi connectivity index (χ0n) is 20.5. The molecule has 2 heterocycles. The number of likely N-dealkylation sites (tertiary alicyclic amines) is 1. The van der Waals surface area contributed by atoms with Gasteiger partial charge in [0.2, 0.25) is 0 Å². The lowest BCUT2D eigenvalue weighted by atomic mass is 10.1. The van der Waals surface area contributed by atoms with Gasteiger partial charge in [0.15, 0.2) is 6.10 Å². The number of carbonyl (C=O) groups excluding carboxylic acids is 1. The monoisotopic (exact) mass is 539 g/mol. The molecule has 0 radical (unpaired) electrons. The van der Waals surface area contributed by atoms with E-state index in [9.17, 15) is 13.2 Å². The number of sulfonamides is 1. The molecule has 1 amide bonds. The maximum absolute atomic E-state index is 13.5. The van der Waals surface area contributed by atoms with Crippen molar-refractivity contribution in [3.63, 3.8) is 0 Å². The molecule has 37 heavy (non-hydrogen) atoms. The van der Waals surface area contributed by atoms with Gasteiger partial charge in [-0.1, -0.05) is 60.5 Å². The summed E-state index contributed by atoms with van der Waals surface area (Å²) in [4.78, 5) is 15.7. The van der Waals surface area contributed by atoms with Crippen molar-refractivity contribution in [1.29, 1.82) is 0 Å². The van der Waals surface area contributed by atoms with Gasteiger partial charge in [-0.25, -0.2) is 8.42 Å². The Balaban J connectivity index is 1.27. The fourth-order valence-corrected chi connectivity index (χ4v) is 6.40. The highest BCUT2D eigenvalue weighted by atomic mass is 35.5. The molecular weight excluding hydrogens is 510 g/mol. The average Bonchev–Trinajstić information content (AvgIpc) is 2.93. The quantitative estimate of drug-likeness (QED) is 0.475. The molecule has 0 spiro atoms. The third-order valence-corrected chi connectivity index (χ3v) is 8.79. The van der Waals surface area contributed by atoms with E-state index >= 15 is 0 Å². The van der Waals surface area contributed by atoms with Crippen LogP contribution >= 0.6 is 11.6 Å². The van der Waals surface area contributed by atoms with Crippen LogP contribution in [0.15, 0.2) is 77.7 Å². The second-order valence-electron chi connectivity index (χ2n) is 9.44. The van der Waals surface area contributed by atoms with Crippen LogP contribution in [0.3, 0.4) is 0 Å². The summed E-state index contributed by atoms with van der Waals surface area (Å²) in [6.07, 6.45) is 2.82. The normalized spacial score (nSPS) is 18.1. The molecule has 2 aliphatic rings. The first-order valence-corrected chi connectivity index (χ1v) is 14.3. The number of nitrogens with zero attached hydrogens (tertiary/aromatic N) is 2. The molecule has 7 nitrogen and oxygen atoms in total. The summed E-state index contributed by atoms with van der Waals surface area (Å²) in [5.41, 5.74) is 2.53. The smallest absolute Gasteiger partial charge is 0.264 e. The molecule has 1 fully saturated rings. The van der Waals surface area contributed by atoms with E-state index in [1.165, 1.54) is 47.3 Å². The third kappa shape index (κ3) is 5.92. The number of fused-ring (bicyclic) bond motifs is 1. The summed E-state index contributed by atoms with van der Waals surface area (Å²) in [5, 5.41) is 3.28. The van der Waals surface area contributed by atoms with Gasteiger partial charge in [-0.05, 0) is 67.4 Å². The molecule has 0 unspecified atom stereocenters. The largest absolute Gasteiger partial charge is 0.476 e. The summed E-state index contributed by atoms with van der Waals surface area (Å²) < 4.78 is 34.1. The zero-order valence-corrected chi connectivity index (χ0v) is 22.0. The molecule has 0 saturated carbocycles. The van der Waals surface area contributed by atoms with E-state index < -0.39 is 16.1 Å². The number of amides is 1. The minimum atomic E-state index is -3.93. The van der Waals surface area contributed by atoms with Crippen LogP contribution in [-0.2, 0) is 27.9 Å². The van der Waals surface area contributed by atoms with Crippen LogP contribution in [0.1, 0.15) is 30.4 Å². The molecule has 9 heteroatoms. The van der Waals surface area contributed by atoms with Crippen LogP contribution in [0.5, 0.6) is 5.75 Å². The zero-order chi connectivity index (χ0) is 25.8. The Morgan fingerprint density at radius 1 is 0.946 bits per heavy atom. The number of carbonyl (C=O) groups is 1. The number of piperidine rings is 1. The van der Waals surface area contributed by atoms with Crippen LogP contribution in [0.25, 0.3) is 0 Å². The van der Waals surface area contributed by atoms with Gasteiger partial charge in [0.1, 0.15) is 5.75 Å². The van der Waals surface area contributed by atoms with Crippen molar-refractivity contribution in [3.8, 4) is 5.75 Å². The van der Waals surface area contributed by atoms with Crippen molar-refractivity contribution in [1.82, 2.24) is 10.2 Å². The van der Waals surface area contributed by atoms with Crippen LogP contribution in [-0.4, -0.2) is 45.0 Å². The standard InChI is InChI=1S/C28H30ClN3O4S/c29-23-13-14-26-25(17-23)32(37(34,35)24-7-3-1-4-8-24)20-27(36-26)28(33)30-18-21-9-11-22(12-10-21)19-31-15-5-2-6-16-31/h1,3-4,7-14,17,27H,2,5-6,15-16,18-20H2,(H,30,33)/t27-/m0/s1. The van der Waals surface area contributed by atoms with Crippen molar-refractivity contribution in [2.75, 3.05) is 23.9 Å². The predicted molar refractivity (Wildman–Crippen MR) is 144 cm³/mol. The number of anilines is 1. The number of hydrogen-bond donors (Lipinski definition) is 1. The highest BCUT2D eigenvalue weighted by molar-refractivity contribution is 7.92. The van der Waals surface area contributed by atoms with E-state index in [2.05, 4.69) is 22.3 Å². The van der Waals surface area contributed by atoms with Crippen LogP contribution in [0.2, 0.25) is 5.02 Å². The minimum absolute atomic E-state index is 0.131. The summed E-state index contributed by atoms with van der Waals surface area (Å²) in [5.74, 6) is -0.0939. The van der Waals surface area contributed by atoms with E-state index in [0.29, 0.717) is 17.3 Å². The number of ether oxygens (including phenoxy) is 1. The number of hydrogen-bond acceptors (Lipinski definition) is 5. The molecule has 194 valence electrons. The topological polar surface area (TPSA) is 79.0 Å². The molecule has 1 saturated heterocycles. The Kier molecular flexibility index (Phi) is 7.69. The lowest BCUT2D eigenvalue weighted by Crippen LogP contribution is -2.50. The second-order valence-corrected chi connectivity index (χ2v) is 11.7. The molecule has 0 aliphatic carbocycles. The second kappa shape index (κ2) is 11.1. The van der Waals surface area contributed by atoms with Crippen molar-refractivity contribution in [2.45, 2.75) is 43.4 Å². The lowest BCUT2D eigenvalue weighted by molar-refractivity contribution is -0.127. The Morgan fingerprint density at radius 2 is 1.65 bits per heavy atom. The van der Waals surface area contributed by atoms with E-state index in [1.807, 2.05) is 12.1 Å². The number of benzene rings is 3. The van der Waals surface area contributed by atoms with E-state index in [-0.39, 0.29) is 23.1 Å². The van der Waals surface area contributed by atoms with Crippen LogP contribution in [0, 0.1) is 0 Å². The Hall–Kier alpha value is -3.07. The molecule has 0 aromatic heterocycles. The summed E-state index contributed by atoms with van der Waals surface area (Å²) in [7, 11) is -3.93. The maximum atomic E-state index is 13.5. The number of halogens is 1. The van der Waals surface area contributed by atoms with Crippen molar-refractivity contribution in [3.05, 3.63) is 88.9 Å². The molecule has 3 aromatic carbocycles. The molecular formula is C28H30ClN3O4S. The molecule has 1 atom stereocenters. The highest BCUT2D eigenvalue weighted by Gasteiger charge is 2.37. The van der Waals surface area contributed by atoms with Gasteiger partial charge in [-0.15, -0.1) is 0 Å². The Bertz CT molecular complexity index is 1340. The predicted octanol–water partition coefficient (Wildman–Crippen LogP) is 4.60. The molecule has 3 aromatic rings. The number of nitrogens with one attached hydrogen (secondary N) is 1. The Morgan fingerprint density at radius 3 is 2.38 bits per heavy atom. The first-order chi connectivity index (χ1) is 17.9. The minimum Gasteiger partial charge on any atom is -0.476 e. The lowest BCUT2D eigenvalue weighted by Gasteiger charge is -2.34. The van der Waals surface area contributed by atoms with Gasteiger partial charge in [-0.3, -0.25) is 14.0 Å². The molecule has 2 aliphatic heterocycles. The first-order valence-electron chi connectivity index (χ1n) is 12.5. The molecule has 1 N–H and O–H groups in total. The van der Waals surface area contributed by atoms with Crippen molar-refractivity contribution < 1.29 is 17.9 Å². The van der Waals surface area contributed by atoms with E-state index in [0.717, 1.165) is 25.2 Å². The molecule has 0 bridgehead atoms. The fourth-order valence-electron chi connectivity index (χ4n) is 4.75. The SMILES string of the molecule is O=C(NCc1ccc(CN2CCCCC2)cc1)[C@@H]1CN(S(=O)(=O)c2ccccc2)c2cc(Cl)ccc2O1. The van der Waals surface area contributed by atoms with E-state index in [4.69, 9.17) is 16.3 Å². The van der Waals surface area contributed by atoms with Crippen LogP contribution in [0.4, 0.5) is 5.69 Å². The van der Waals surface area contributed by atoms with Gasteiger partial charge in [0, 0.05) is 18.1 Å². The number of rotatable bonds is 7. The van der Waals surface area contributed by atoms with Crippen molar-refractivity contribution >= 4 is 33.2 Å². The third-order valence-electron chi connectivity index (χ3n) is 6.76. The fraction of sp³-hybridized carbons (Fsp3) is 0.321. The van der Waals surface area contributed by atoms with Gasteiger partial charge in [0.25, 0.3) is 15.9 Å².